The minimum absolute atomic E-state index is 0.166. The minimum atomic E-state index is 0.166. The third-order valence-corrected chi connectivity index (χ3v) is 3.26. The van der Waals surface area contributed by atoms with Crippen LogP contribution < -0.4 is 10.6 Å². The highest BCUT2D eigenvalue weighted by Crippen LogP contribution is 2.31. The summed E-state index contributed by atoms with van der Waals surface area (Å²) in [6.45, 7) is 3.09. The van der Waals surface area contributed by atoms with Crippen LogP contribution in [-0.4, -0.2) is 24.6 Å². The number of hydrogen-bond acceptors (Lipinski definition) is 3. The monoisotopic (exact) mass is 233 g/mol. The normalized spacial score (nSPS) is 16.0. The van der Waals surface area contributed by atoms with Gasteiger partial charge in [-0.3, -0.25) is 0 Å². The topological polar surface area (TPSA) is 61.8 Å². The molecular weight excluding hydrogens is 214 g/mol. The van der Waals surface area contributed by atoms with Crippen molar-refractivity contribution >= 4 is 11.5 Å². The van der Waals surface area contributed by atoms with Crippen LogP contribution in [0.5, 0.6) is 0 Å². The summed E-state index contributed by atoms with van der Waals surface area (Å²) in [6.07, 6.45) is 2.71. The maximum absolute atomic E-state index is 8.67. The zero-order valence-corrected chi connectivity index (χ0v) is 10.3. The molecule has 4 heteroatoms. The number of aryl methyl sites for hydroxylation is 1. The van der Waals surface area contributed by atoms with Gasteiger partial charge in [-0.05, 0) is 49.4 Å². The van der Waals surface area contributed by atoms with Gasteiger partial charge in [-0.1, -0.05) is 5.16 Å². The molecule has 1 aromatic carbocycles. The first-order chi connectivity index (χ1) is 8.11. The second kappa shape index (κ2) is 4.65. The van der Waals surface area contributed by atoms with Crippen molar-refractivity contribution in [1.29, 1.82) is 0 Å². The molecule has 3 N–H and O–H groups in total. The van der Waals surface area contributed by atoms with Gasteiger partial charge < -0.3 is 15.8 Å². The Morgan fingerprint density at radius 2 is 2.24 bits per heavy atom. The van der Waals surface area contributed by atoms with Crippen molar-refractivity contribution < 1.29 is 5.21 Å². The number of benzene rings is 1. The molecule has 0 aliphatic heterocycles. The van der Waals surface area contributed by atoms with Crippen LogP contribution in [0, 0.1) is 12.8 Å². The molecule has 0 spiro atoms. The highest BCUT2D eigenvalue weighted by molar-refractivity contribution is 5.98. The Morgan fingerprint density at radius 3 is 2.76 bits per heavy atom. The van der Waals surface area contributed by atoms with Gasteiger partial charge in [-0.15, -0.1) is 0 Å². The molecule has 92 valence electrons. The fraction of sp³-hybridized carbons (Fsp3) is 0.462. The van der Waals surface area contributed by atoms with Gasteiger partial charge in [0, 0.05) is 24.8 Å². The van der Waals surface area contributed by atoms with Crippen LogP contribution in [0.3, 0.4) is 0 Å². The Kier molecular flexibility index (Phi) is 3.22. The van der Waals surface area contributed by atoms with Gasteiger partial charge in [0.1, 0.15) is 0 Å². The second-order valence-corrected chi connectivity index (χ2v) is 4.81. The maximum Gasteiger partial charge on any atom is 0.170 e. The van der Waals surface area contributed by atoms with Gasteiger partial charge in [0.15, 0.2) is 5.84 Å². The minimum Gasteiger partial charge on any atom is -0.409 e. The molecule has 0 atom stereocenters. The standard InChI is InChI=1S/C13H19N3O/c1-9-7-11(16(2)8-10-3-4-10)5-6-12(9)13(14)15-17/h5-7,10,17H,3-4,8H2,1-2H3,(H2,14,15). The third kappa shape index (κ3) is 2.70. The van der Waals surface area contributed by atoms with Crippen molar-refractivity contribution in [3.8, 4) is 0 Å². The van der Waals surface area contributed by atoms with E-state index in [1.54, 1.807) is 0 Å². The predicted octanol–water partition coefficient (Wildman–Crippen LogP) is 1.94. The van der Waals surface area contributed by atoms with Gasteiger partial charge in [0.25, 0.3) is 0 Å². The van der Waals surface area contributed by atoms with Gasteiger partial charge in [-0.2, -0.15) is 0 Å². The quantitative estimate of drug-likeness (QED) is 0.361. The summed E-state index contributed by atoms with van der Waals surface area (Å²) in [4.78, 5) is 2.26. The van der Waals surface area contributed by atoms with Crippen molar-refractivity contribution in [1.82, 2.24) is 0 Å². The Hall–Kier alpha value is -1.71. The lowest BCUT2D eigenvalue weighted by molar-refractivity contribution is 0.318. The van der Waals surface area contributed by atoms with Crippen molar-refractivity contribution in [2.45, 2.75) is 19.8 Å². The van der Waals surface area contributed by atoms with Crippen molar-refractivity contribution in [3.63, 3.8) is 0 Å². The number of anilines is 1. The molecular formula is C13H19N3O. The summed E-state index contributed by atoms with van der Waals surface area (Å²) in [6, 6.07) is 6.00. The number of rotatable bonds is 4. The first-order valence-electron chi connectivity index (χ1n) is 5.91. The van der Waals surface area contributed by atoms with E-state index in [9.17, 15) is 0 Å². The molecule has 1 fully saturated rings. The van der Waals surface area contributed by atoms with Crippen molar-refractivity contribution in [2.24, 2.45) is 16.8 Å². The third-order valence-electron chi connectivity index (χ3n) is 3.26. The molecule has 1 saturated carbocycles. The summed E-state index contributed by atoms with van der Waals surface area (Å²) >= 11 is 0. The van der Waals surface area contributed by atoms with Crippen LogP contribution in [0.15, 0.2) is 23.4 Å². The van der Waals surface area contributed by atoms with E-state index in [0.717, 1.165) is 23.6 Å². The number of nitrogens with zero attached hydrogens (tertiary/aromatic N) is 2. The van der Waals surface area contributed by atoms with E-state index in [-0.39, 0.29) is 5.84 Å². The fourth-order valence-corrected chi connectivity index (χ4v) is 2.02. The summed E-state index contributed by atoms with van der Waals surface area (Å²) in [5.41, 5.74) is 8.60. The van der Waals surface area contributed by atoms with Crippen LogP contribution in [0.25, 0.3) is 0 Å². The SMILES string of the molecule is Cc1cc(N(C)CC2CC2)ccc1/C(N)=N/O. The number of nitrogens with two attached hydrogens (primary N) is 1. The van der Waals surface area contributed by atoms with E-state index in [1.807, 2.05) is 19.1 Å². The van der Waals surface area contributed by atoms with E-state index in [2.05, 4.69) is 23.2 Å². The van der Waals surface area contributed by atoms with Crippen molar-refractivity contribution in [2.75, 3.05) is 18.5 Å². The number of amidine groups is 1. The fourth-order valence-electron chi connectivity index (χ4n) is 2.02. The lowest BCUT2D eigenvalue weighted by atomic mass is 10.1. The first-order valence-corrected chi connectivity index (χ1v) is 5.91. The van der Waals surface area contributed by atoms with Crippen LogP contribution in [0.4, 0.5) is 5.69 Å². The Bertz CT molecular complexity index is 438. The van der Waals surface area contributed by atoms with Crippen LogP contribution in [-0.2, 0) is 0 Å². The lowest BCUT2D eigenvalue weighted by Crippen LogP contribution is -2.21. The maximum atomic E-state index is 8.67. The molecule has 0 saturated heterocycles. The molecule has 0 heterocycles. The molecule has 0 radical (unpaired) electrons. The van der Waals surface area contributed by atoms with Gasteiger partial charge in [0.05, 0.1) is 0 Å². The Balaban J connectivity index is 2.17. The highest BCUT2D eigenvalue weighted by atomic mass is 16.4. The lowest BCUT2D eigenvalue weighted by Gasteiger charge is -2.20. The predicted molar refractivity (Wildman–Crippen MR) is 69.7 cm³/mol. The summed E-state index contributed by atoms with van der Waals surface area (Å²) in [5, 5.41) is 11.7. The van der Waals surface area contributed by atoms with Gasteiger partial charge >= 0.3 is 0 Å². The van der Waals surface area contributed by atoms with Crippen molar-refractivity contribution in [3.05, 3.63) is 29.3 Å². The second-order valence-electron chi connectivity index (χ2n) is 4.81. The first kappa shape index (κ1) is 11.8. The van der Waals surface area contributed by atoms with Crippen LogP contribution >= 0.6 is 0 Å². The van der Waals surface area contributed by atoms with E-state index in [0.29, 0.717) is 0 Å². The average Bonchev–Trinajstić information content (AvgIpc) is 3.11. The molecule has 0 aromatic heterocycles. The molecule has 1 aromatic rings. The van der Waals surface area contributed by atoms with E-state index < -0.39 is 0 Å². The summed E-state index contributed by atoms with van der Waals surface area (Å²) in [7, 11) is 2.11. The average molecular weight is 233 g/mol. The Labute approximate surface area is 102 Å². The van der Waals surface area contributed by atoms with Crippen LogP contribution in [0.2, 0.25) is 0 Å². The molecule has 2 rings (SSSR count). The molecule has 4 nitrogen and oxygen atoms in total. The zero-order valence-electron chi connectivity index (χ0n) is 10.3. The summed E-state index contributed by atoms with van der Waals surface area (Å²) in [5.74, 6) is 1.03. The summed E-state index contributed by atoms with van der Waals surface area (Å²) < 4.78 is 0. The van der Waals surface area contributed by atoms with E-state index in [4.69, 9.17) is 10.9 Å². The smallest absolute Gasteiger partial charge is 0.170 e. The zero-order chi connectivity index (χ0) is 12.4. The molecule has 1 aliphatic rings. The van der Waals surface area contributed by atoms with E-state index in [1.165, 1.54) is 18.5 Å². The molecule has 1 aliphatic carbocycles. The van der Waals surface area contributed by atoms with E-state index >= 15 is 0 Å². The molecule has 17 heavy (non-hydrogen) atoms. The largest absolute Gasteiger partial charge is 0.409 e. The van der Waals surface area contributed by atoms with Gasteiger partial charge in [-0.25, -0.2) is 0 Å². The molecule has 0 unspecified atom stereocenters. The number of hydrogen-bond donors (Lipinski definition) is 2. The number of oxime groups is 1. The highest BCUT2D eigenvalue weighted by Gasteiger charge is 2.23. The van der Waals surface area contributed by atoms with Crippen LogP contribution in [0.1, 0.15) is 24.0 Å². The molecule has 0 bridgehead atoms. The Morgan fingerprint density at radius 1 is 1.53 bits per heavy atom. The molecule has 0 amide bonds. The van der Waals surface area contributed by atoms with Gasteiger partial charge in [0.2, 0.25) is 0 Å².